The molecule has 4 nitrogen and oxygen atoms in total. The molecule has 3 unspecified atom stereocenters. The molecule has 0 aromatic carbocycles. The van der Waals surface area contributed by atoms with Crippen LogP contribution in [0.15, 0.2) is 0 Å². The Morgan fingerprint density at radius 1 is 1.56 bits per heavy atom. The number of carbonyl (C=O) groups excluding carboxylic acids is 1. The summed E-state index contributed by atoms with van der Waals surface area (Å²) in [6, 6.07) is 0.115. The summed E-state index contributed by atoms with van der Waals surface area (Å²) in [5, 5.41) is 12.4. The third kappa shape index (κ3) is 3.76. The van der Waals surface area contributed by atoms with Crippen molar-refractivity contribution in [1.29, 1.82) is 0 Å². The van der Waals surface area contributed by atoms with Crippen LogP contribution in [0, 0.1) is 0 Å². The van der Waals surface area contributed by atoms with Gasteiger partial charge in [-0.3, -0.25) is 9.69 Å². The molecule has 3 atom stereocenters. The number of likely N-dealkylation sites (tertiary alicyclic amines) is 1. The first-order valence-electron chi connectivity index (χ1n) is 6.27. The molecule has 0 saturated carbocycles. The Kier molecular flexibility index (Phi) is 5.22. The first-order chi connectivity index (χ1) is 7.54. The van der Waals surface area contributed by atoms with Crippen molar-refractivity contribution in [2.75, 3.05) is 13.1 Å². The highest BCUT2D eigenvalue weighted by Gasteiger charge is 2.28. The molecule has 4 heteroatoms. The summed E-state index contributed by atoms with van der Waals surface area (Å²) in [5.41, 5.74) is 0. The molecule has 1 rings (SSSR count). The molecule has 1 aliphatic heterocycles. The van der Waals surface area contributed by atoms with E-state index in [0.29, 0.717) is 6.54 Å². The van der Waals surface area contributed by atoms with Crippen LogP contribution in [-0.2, 0) is 4.79 Å². The second-order valence-corrected chi connectivity index (χ2v) is 4.81. The topological polar surface area (TPSA) is 52.6 Å². The minimum absolute atomic E-state index is 0.0788. The molecular weight excluding hydrogens is 204 g/mol. The number of hydrogen-bond donors (Lipinski definition) is 2. The Balaban J connectivity index is 2.35. The van der Waals surface area contributed by atoms with Gasteiger partial charge in [-0.1, -0.05) is 13.3 Å². The fourth-order valence-electron chi connectivity index (χ4n) is 2.15. The molecule has 16 heavy (non-hydrogen) atoms. The number of nitrogens with zero attached hydrogens (tertiary/aromatic N) is 1. The lowest BCUT2D eigenvalue weighted by Crippen LogP contribution is -2.47. The lowest BCUT2D eigenvalue weighted by Gasteiger charge is -2.24. The van der Waals surface area contributed by atoms with Crippen molar-refractivity contribution in [2.45, 2.75) is 58.2 Å². The van der Waals surface area contributed by atoms with Crippen molar-refractivity contribution >= 4 is 5.91 Å². The van der Waals surface area contributed by atoms with Crippen LogP contribution >= 0.6 is 0 Å². The van der Waals surface area contributed by atoms with Gasteiger partial charge in [-0.15, -0.1) is 0 Å². The maximum atomic E-state index is 11.9. The van der Waals surface area contributed by atoms with Crippen LogP contribution in [-0.4, -0.2) is 47.2 Å². The molecule has 1 fully saturated rings. The first-order valence-corrected chi connectivity index (χ1v) is 6.27. The SMILES string of the molecule is CCCC(C)NC(=O)C(C)N1CCC(O)C1. The molecular formula is C12H24N2O2. The van der Waals surface area contributed by atoms with Gasteiger partial charge in [-0.2, -0.15) is 0 Å². The number of nitrogens with one attached hydrogen (secondary N) is 1. The fourth-order valence-corrected chi connectivity index (χ4v) is 2.15. The van der Waals surface area contributed by atoms with E-state index < -0.39 is 0 Å². The highest BCUT2D eigenvalue weighted by atomic mass is 16.3. The number of amides is 1. The lowest BCUT2D eigenvalue weighted by atomic mass is 10.2. The third-order valence-electron chi connectivity index (χ3n) is 3.23. The number of aliphatic hydroxyl groups excluding tert-OH is 1. The van der Waals surface area contributed by atoms with Crippen LogP contribution in [0.3, 0.4) is 0 Å². The summed E-state index contributed by atoms with van der Waals surface area (Å²) in [6.45, 7) is 7.50. The van der Waals surface area contributed by atoms with E-state index >= 15 is 0 Å². The minimum Gasteiger partial charge on any atom is -0.392 e. The molecule has 0 aliphatic carbocycles. The van der Waals surface area contributed by atoms with E-state index in [0.717, 1.165) is 25.8 Å². The van der Waals surface area contributed by atoms with Crippen molar-refractivity contribution in [2.24, 2.45) is 0 Å². The van der Waals surface area contributed by atoms with Gasteiger partial charge in [0.05, 0.1) is 12.1 Å². The van der Waals surface area contributed by atoms with Crippen molar-refractivity contribution in [3.05, 3.63) is 0 Å². The smallest absolute Gasteiger partial charge is 0.237 e. The predicted octanol–water partition coefficient (Wildman–Crippen LogP) is 0.746. The molecule has 94 valence electrons. The molecule has 0 spiro atoms. The van der Waals surface area contributed by atoms with E-state index in [9.17, 15) is 9.90 Å². The van der Waals surface area contributed by atoms with Gasteiger partial charge in [0.1, 0.15) is 0 Å². The summed E-state index contributed by atoms with van der Waals surface area (Å²) >= 11 is 0. The average Bonchev–Trinajstić information content (AvgIpc) is 2.64. The highest BCUT2D eigenvalue weighted by Crippen LogP contribution is 2.12. The molecule has 2 N–H and O–H groups in total. The second-order valence-electron chi connectivity index (χ2n) is 4.81. The van der Waals surface area contributed by atoms with Crippen molar-refractivity contribution in [1.82, 2.24) is 10.2 Å². The summed E-state index contributed by atoms with van der Waals surface area (Å²) in [6.07, 6.45) is 2.62. The number of hydrogen-bond acceptors (Lipinski definition) is 3. The monoisotopic (exact) mass is 228 g/mol. The first kappa shape index (κ1) is 13.5. The molecule has 1 aliphatic rings. The Morgan fingerprint density at radius 2 is 2.25 bits per heavy atom. The zero-order valence-corrected chi connectivity index (χ0v) is 10.6. The van der Waals surface area contributed by atoms with Gasteiger partial charge in [0.15, 0.2) is 0 Å². The van der Waals surface area contributed by atoms with Gasteiger partial charge in [-0.05, 0) is 26.7 Å². The zero-order chi connectivity index (χ0) is 12.1. The second kappa shape index (κ2) is 6.21. The molecule has 1 saturated heterocycles. The summed E-state index contributed by atoms with van der Waals surface area (Å²) in [7, 11) is 0. The van der Waals surface area contributed by atoms with Crippen molar-refractivity contribution < 1.29 is 9.90 Å². The quantitative estimate of drug-likeness (QED) is 0.730. The highest BCUT2D eigenvalue weighted by molar-refractivity contribution is 5.81. The third-order valence-corrected chi connectivity index (χ3v) is 3.23. The van der Waals surface area contributed by atoms with Crippen LogP contribution in [0.2, 0.25) is 0 Å². The van der Waals surface area contributed by atoms with Crippen molar-refractivity contribution in [3.8, 4) is 0 Å². The Labute approximate surface area is 98.0 Å². The molecule has 1 amide bonds. The van der Waals surface area contributed by atoms with Gasteiger partial charge in [0, 0.05) is 19.1 Å². The van der Waals surface area contributed by atoms with E-state index in [1.807, 2.05) is 18.7 Å². The molecule has 0 radical (unpaired) electrons. The fraction of sp³-hybridized carbons (Fsp3) is 0.917. The van der Waals surface area contributed by atoms with Crippen LogP contribution in [0.25, 0.3) is 0 Å². The minimum atomic E-state index is -0.261. The largest absolute Gasteiger partial charge is 0.392 e. The van der Waals surface area contributed by atoms with Crippen LogP contribution in [0.1, 0.15) is 40.0 Å². The standard InChI is InChI=1S/C12H24N2O2/c1-4-5-9(2)13-12(16)10(3)14-7-6-11(15)8-14/h9-11,15H,4-8H2,1-3H3,(H,13,16). The normalized spacial score (nSPS) is 25.4. The van der Waals surface area contributed by atoms with Gasteiger partial charge in [-0.25, -0.2) is 0 Å². The molecule has 0 aromatic rings. The maximum absolute atomic E-state index is 11.9. The Bertz CT molecular complexity index is 233. The lowest BCUT2D eigenvalue weighted by molar-refractivity contribution is -0.126. The van der Waals surface area contributed by atoms with Gasteiger partial charge in [0.25, 0.3) is 0 Å². The van der Waals surface area contributed by atoms with E-state index in [1.165, 1.54) is 0 Å². The molecule has 0 aromatic heterocycles. The number of rotatable bonds is 5. The van der Waals surface area contributed by atoms with E-state index in [2.05, 4.69) is 12.2 Å². The molecule has 1 heterocycles. The maximum Gasteiger partial charge on any atom is 0.237 e. The van der Waals surface area contributed by atoms with E-state index in [4.69, 9.17) is 0 Å². The van der Waals surface area contributed by atoms with Crippen molar-refractivity contribution in [3.63, 3.8) is 0 Å². The van der Waals surface area contributed by atoms with E-state index in [1.54, 1.807) is 0 Å². The number of β-amino-alcohol motifs (C(OH)–C–C–N with tert-alkyl or cyclic N) is 1. The average molecular weight is 228 g/mol. The van der Waals surface area contributed by atoms with Crippen LogP contribution in [0.5, 0.6) is 0 Å². The van der Waals surface area contributed by atoms with Gasteiger partial charge >= 0.3 is 0 Å². The summed E-state index contributed by atoms with van der Waals surface area (Å²) in [5.74, 6) is 0.0788. The van der Waals surface area contributed by atoms with E-state index in [-0.39, 0.29) is 24.1 Å². The Morgan fingerprint density at radius 3 is 2.75 bits per heavy atom. The van der Waals surface area contributed by atoms with Crippen LogP contribution < -0.4 is 5.32 Å². The number of carbonyl (C=O) groups is 1. The Hall–Kier alpha value is -0.610. The predicted molar refractivity (Wildman–Crippen MR) is 64.2 cm³/mol. The van der Waals surface area contributed by atoms with Crippen LogP contribution in [0.4, 0.5) is 0 Å². The summed E-state index contributed by atoms with van der Waals surface area (Å²) < 4.78 is 0. The number of aliphatic hydroxyl groups is 1. The summed E-state index contributed by atoms with van der Waals surface area (Å²) in [4.78, 5) is 13.9. The molecule has 0 bridgehead atoms. The van der Waals surface area contributed by atoms with Gasteiger partial charge < -0.3 is 10.4 Å². The zero-order valence-electron chi connectivity index (χ0n) is 10.6. The van der Waals surface area contributed by atoms with Gasteiger partial charge in [0.2, 0.25) is 5.91 Å².